The number of rotatable bonds is 5. The largest absolute Gasteiger partial charge is 0.393 e. The molecule has 0 radical (unpaired) electrons. The zero-order valence-electron chi connectivity index (χ0n) is 10.8. The van der Waals surface area contributed by atoms with Crippen molar-refractivity contribution in [2.24, 2.45) is 11.7 Å². The number of nitrogens with zero attached hydrogens (tertiary/aromatic N) is 1. The summed E-state index contributed by atoms with van der Waals surface area (Å²) in [4.78, 5) is 3.64. The third-order valence-corrected chi connectivity index (χ3v) is 5.31. The average molecular weight is 333 g/mol. The van der Waals surface area contributed by atoms with Gasteiger partial charge in [-0.1, -0.05) is 0 Å². The Labute approximate surface area is 121 Å². The van der Waals surface area contributed by atoms with Gasteiger partial charge in [0.15, 0.2) is 0 Å². The zero-order chi connectivity index (χ0) is 13.3. The molecule has 2 atom stereocenters. The third-order valence-electron chi connectivity index (χ3n) is 3.62. The summed E-state index contributed by atoms with van der Waals surface area (Å²) in [5.41, 5.74) is 6.14. The van der Waals surface area contributed by atoms with Crippen LogP contribution in [0.1, 0.15) is 30.7 Å². The van der Waals surface area contributed by atoms with Crippen LogP contribution in [0.15, 0.2) is 15.9 Å². The van der Waals surface area contributed by atoms with Gasteiger partial charge >= 0.3 is 0 Å². The molecule has 3 N–H and O–H groups in total. The molecule has 1 aromatic rings. The Morgan fingerprint density at radius 1 is 1.56 bits per heavy atom. The minimum absolute atomic E-state index is 0.0759. The van der Waals surface area contributed by atoms with Crippen LogP contribution in [-0.4, -0.2) is 35.7 Å². The quantitative estimate of drug-likeness (QED) is 0.871. The lowest BCUT2D eigenvalue weighted by Crippen LogP contribution is -2.42. The molecule has 18 heavy (non-hydrogen) atoms. The summed E-state index contributed by atoms with van der Waals surface area (Å²) in [7, 11) is 2.13. The van der Waals surface area contributed by atoms with Crippen molar-refractivity contribution in [3.63, 3.8) is 0 Å². The van der Waals surface area contributed by atoms with Gasteiger partial charge in [-0.2, -0.15) is 0 Å². The van der Waals surface area contributed by atoms with Crippen molar-refractivity contribution in [3.8, 4) is 0 Å². The lowest BCUT2D eigenvalue weighted by atomic mass is 9.82. The van der Waals surface area contributed by atoms with E-state index in [0.717, 1.165) is 23.2 Å². The highest BCUT2D eigenvalue weighted by atomic mass is 79.9. The molecule has 0 amide bonds. The van der Waals surface area contributed by atoms with E-state index in [2.05, 4.69) is 46.9 Å². The number of hydrogen-bond donors (Lipinski definition) is 2. The first-order valence-corrected chi connectivity index (χ1v) is 7.97. The second-order valence-corrected chi connectivity index (χ2v) is 7.87. The molecule has 5 heteroatoms. The molecule has 0 aromatic carbocycles. The van der Waals surface area contributed by atoms with Gasteiger partial charge in [0.25, 0.3) is 0 Å². The second-order valence-electron chi connectivity index (χ2n) is 5.38. The summed E-state index contributed by atoms with van der Waals surface area (Å²) in [6.07, 6.45) is 1.79. The highest BCUT2D eigenvalue weighted by Gasteiger charge is 2.31. The lowest BCUT2D eigenvalue weighted by molar-refractivity contribution is 0.0206. The van der Waals surface area contributed by atoms with Gasteiger partial charge in [0, 0.05) is 17.5 Å². The summed E-state index contributed by atoms with van der Waals surface area (Å²) in [6.45, 7) is 3.07. The van der Waals surface area contributed by atoms with Gasteiger partial charge in [0.1, 0.15) is 0 Å². The number of hydrogen-bond acceptors (Lipinski definition) is 4. The van der Waals surface area contributed by atoms with E-state index in [1.165, 1.54) is 4.88 Å². The fourth-order valence-electron chi connectivity index (χ4n) is 2.74. The van der Waals surface area contributed by atoms with Gasteiger partial charge in [0.05, 0.1) is 15.9 Å². The van der Waals surface area contributed by atoms with Gasteiger partial charge in [-0.25, -0.2) is 0 Å². The number of aliphatic hydroxyl groups is 1. The molecule has 3 nitrogen and oxygen atoms in total. The Balaban J connectivity index is 2.01. The minimum Gasteiger partial charge on any atom is -0.393 e. The Kier molecular flexibility index (Phi) is 4.83. The lowest BCUT2D eigenvalue weighted by Gasteiger charge is -2.38. The Bertz CT molecular complexity index is 390. The Hall–Kier alpha value is 0.0600. The molecule has 2 rings (SSSR count). The topological polar surface area (TPSA) is 49.5 Å². The molecule has 1 fully saturated rings. The Morgan fingerprint density at radius 2 is 2.22 bits per heavy atom. The molecule has 2 unspecified atom stereocenters. The monoisotopic (exact) mass is 332 g/mol. The van der Waals surface area contributed by atoms with Crippen LogP contribution in [-0.2, 0) is 0 Å². The van der Waals surface area contributed by atoms with Crippen molar-refractivity contribution in [3.05, 3.63) is 20.8 Å². The van der Waals surface area contributed by atoms with E-state index < -0.39 is 0 Å². The second kappa shape index (κ2) is 6.01. The SMILES string of the molecule is CC(N)C(c1ccc(Br)s1)N(C)CC1CC(O)C1. The zero-order valence-corrected chi connectivity index (χ0v) is 13.2. The van der Waals surface area contributed by atoms with Gasteiger partial charge in [-0.3, -0.25) is 4.90 Å². The van der Waals surface area contributed by atoms with E-state index in [0.29, 0.717) is 5.92 Å². The first kappa shape index (κ1) is 14.5. The predicted molar refractivity (Wildman–Crippen MR) is 79.8 cm³/mol. The van der Waals surface area contributed by atoms with Crippen LogP contribution in [0.25, 0.3) is 0 Å². The standard InChI is InChI=1S/C13H21BrN2OS/c1-8(15)13(11-3-4-12(14)18-11)16(2)7-9-5-10(17)6-9/h3-4,8-10,13,17H,5-7,15H2,1-2H3. The molecule has 1 aromatic heterocycles. The normalized spacial score (nSPS) is 27.0. The van der Waals surface area contributed by atoms with Crippen molar-refractivity contribution >= 4 is 27.3 Å². The first-order valence-electron chi connectivity index (χ1n) is 6.36. The summed E-state index contributed by atoms with van der Waals surface area (Å²) < 4.78 is 1.15. The molecule has 1 aliphatic carbocycles. The van der Waals surface area contributed by atoms with Gasteiger partial charge in [-0.15, -0.1) is 11.3 Å². The van der Waals surface area contributed by atoms with Gasteiger partial charge in [0.2, 0.25) is 0 Å². The molecular weight excluding hydrogens is 312 g/mol. The van der Waals surface area contributed by atoms with E-state index in [9.17, 15) is 5.11 Å². The molecule has 0 spiro atoms. The molecule has 102 valence electrons. The molecule has 1 saturated carbocycles. The smallest absolute Gasteiger partial charge is 0.0702 e. The fraction of sp³-hybridized carbons (Fsp3) is 0.692. The average Bonchev–Trinajstić information content (AvgIpc) is 2.62. The molecule has 0 bridgehead atoms. The van der Waals surface area contributed by atoms with Crippen molar-refractivity contribution in [1.29, 1.82) is 0 Å². The van der Waals surface area contributed by atoms with Crippen LogP contribution in [0, 0.1) is 5.92 Å². The number of likely N-dealkylation sites (N-methyl/N-ethyl adjacent to an activating group) is 1. The maximum absolute atomic E-state index is 9.35. The molecular formula is C13H21BrN2OS. The number of nitrogens with two attached hydrogens (primary N) is 1. The molecule has 1 heterocycles. The van der Waals surface area contributed by atoms with Gasteiger partial charge < -0.3 is 10.8 Å². The van der Waals surface area contributed by atoms with Crippen molar-refractivity contribution in [1.82, 2.24) is 4.90 Å². The maximum Gasteiger partial charge on any atom is 0.0702 e. The molecule has 1 aliphatic rings. The van der Waals surface area contributed by atoms with Crippen molar-refractivity contribution in [2.75, 3.05) is 13.6 Å². The summed E-state index contributed by atoms with van der Waals surface area (Å²) in [5, 5.41) is 9.35. The van der Waals surface area contributed by atoms with Crippen molar-refractivity contribution < 1.29 is 5.11 Å². The van der Waals surface area contributed by atoms with Crippen molar-refractivity contribution in [2.45, 2.75) is 38.0 Å². The van der Waals surface area contributed by atoms with Crippen LogP contribution in [0.5, 0.6) is 0 Å². The van der Waals surface area contributed by atoms with Crippen LogP contribution in [0.4, 0.5) is 0 Å². The maximum atomic E-state index is 9.35. The highest BCUT2D eigenvalue weighted by molar-refractivity contribution is 9.11. The van der Waals surface area contributed by atoms with E-state index >= 15 is 0 Å². The van der Waals surface area contributed by atoms with Crippen LogP contribution < -0.4 is 5.73 Å². The van der Waals surface area contributed by atoms with E-state index in [1.807, 2.05) is 0 Å². The van der Waals surface area contributed by atoms with Crippen LogP contribution in [0.2, 0.25) is 0 Å². The van der Waals surface area contributed by atoms with E-state index in [-0.39, 0.29) is 18.2 Å². The van der Waals surface area contributed by atoms with E-state index in [1.54, 1.807) is 11.3 Å². The predicted octanol–water partition coefficient (Wildman–Crippen LogP) is 2.60. The van der Waals surface area contributed by atoms with Crippen LogP contribution >= 0.6 is 27.3 Å². The summed E-state index contributed by atoms with van der Waals surface area (Å²) in [5.74, 6) is 0.620. The molecule has 0 aliphatic heterocycles. The number of aliphatic hydroxyl groups excluding tert-OH is 1. The molecule has 0 saturated heterocycles. The van der Waals surface area contributed by atoms with E-state index in [4.69, 9.17) is 5.73 Å². The van der Waals surface area contributed by atoms with Gasteiger partial charge in [-0.05, 0) is 60.8 Å². The van der Waals surface area contributed by atoms with Crippen LogP contribution in [0.3, 0.4) is 0 Å². The third kappa shape index (κ3) is 3.33. The minimum atomic E-state index is -0.0759. The highest BCUT2D eigenvalue weighted by Crippen LogP contribution is 2.34. The summed E-state index contributed by atoms with van der Waals surface area (Å²) >= 11 is 5.26. The fourth-order valence-corrected chi connectivity index (χ4v) is 4.44. The first-order chi connectivity index (χ1) is 8.47. The Morgan fingerprint density at radius 3 is 2.67 bits per heavy atom. The number of halogens is 1. The summed E-state index contributed by atoms with van der Waals surface area (Å²) in [6, 6.07) is 4.59. The number of thiophene rings is 1.